The van der Waals surface area contributed by atoms with Gasteiger partial charge in [0.2, 0.25) is 5.91 Å². The first kappa shape index (κ1) is 17.1. The molecule has 0 spiro atoms. The van der Waals surface area contributed by atoms with Crippen molar-refractivity contribution < 1.29 is 14.7 Å². The summed E-state index contributed by atoms with van der Waals surface area (Å²) in [5.74, 6) is -1.72. The van der Waals surface area contributed by atoms with Crippen LogP contribution in [0.1, 0.15) is 42.6 Å². The number of carboxylic acids is 1. The molecule has 132 valence electrons. The SMILES string of the molecule is CN(C(=O)Cn1nc(C(=O)[O-])c2ccccc2c1=O)C1CCCCC1. The van der Waals surface area contributed by atoms with E-state index in [4.69, 9.17) is 0 Å². The van der Waals surface area contributed by atoms with E-state index >= 15 is 0 Å². The van der Waals surface area contributed by atoms with Crippen molar-refractivity contribution in [1.82, 2.24) is 14.7 Å². The molecular weight excluding hydrogens is 322 g/mol. The zero-order valence-electron chi connectivity index (χ0n) is 14.1. The molecule has 0 bridgehead atoms. The van der Waals surface area contributed by atoms with E-state index in [9.17, 15) is 19.5 Å². The number of carbonyl (C=O) groups is 2. The number of aromatic nitrogens is 2. The summed E-state index contributed by atoms with van der Waals surface area (Å²) in [6.07, 6.45) is 5.26. The van der Waals surface area contributed by atoms with Crippen molar-refractivity contribution in [3.63, 3.8) is 0 Å². The quantitative estimate of drug-likeness (QED) is 0.809. The minimum absolute atomic E-state index is 0.165. The van der Waals surface area contributed by atoms with Crippen LogP contribution in [0.15, 0.2) is 29.1 Å². The first-order valence-corrected chi connectivity index (χ1v) is 8.46. The van der Waals surface area contributed by atoms with Crippen molar-refractivity contribution in [1.29, 1.82) is 0 Å². The summed E-state index contributed by atoms with van der Waals surface area (Å²) < 4.78 is 0.926. The fraction of sp³-hybridized carbons (Fsp3) is 0.444. The average Bonchev–Trinajstić information content (AvgIpc) is 2.63. The summed E-state index contributed by atoms with van der Waals surface area (Å²) in [7, 11) is 1.73. The van der Waals surface area contributed by atoms with Crippen molar-refractivity contribution in [2.75, 3.05) is 7.05 Å². The third-order valence-electron chi connectivity index (χ3n) is 4.86. The molecule has 2 aromatic rings. The molecule has 7 heteroatoms. The van der Waals surface area contributed by atoms with Gasteiger partial charge in [0, 0.05) is 18.5 Å². The molecule has 1 heterocycles. The second-order valence-electron chi connectivity index (χ2n) is 6.44. The van der Waals surface area contributed by atoms with E-state index < -0.39 is 11.5 Å². The van der Waals surface area contributed by atoms with Crippen molar-refractivity contribution in [2.24, 2.45) is 0 Å². The number of benzene rings is 1. The van der Waals surface area contributed by atoms with Gasteiger partial charge in [-0.15, -0.1) is 0 Å². The molecule has 0 N–H and O–H groups in total. The first-order chi connectivity index (χ1) is 12.0. The number of hydrogen-bond acceptors (Lipinski definition) is 5. The highest BCUT2D eigenvalue weighted by molar-refractivity contribution is 6.00. The molecule has 25 heavy (non-hydrogen) atoms. The van der Waals surface area contributed by atoms with Crippen LogP contribution in [-0.4, -0.2) is 39.6 Å². The molecule has 1 amide bonds. The Morgan fingerprint density at radius 2 is 1.84 bits per heavy atom. The number of carboxylic acid groups (broad SMARTS) is 1. The maximum atomic E-state index is 12.6. The van der Waals surface area contributed by atoms with Gasteiger partial charge < -0.3 is 14.8 Å². The molecule has 1 fully saturated rings. The second kappa shape index (κ2) is 7.04. The summed E-state index contributed by atoms with van der Waals surface area (Å²) in [4.78, 5) is 38.1. The molecule has 7 nitrogen and oxygen atoms in total. The van der Waals surface area contributed by atoms with Crippen LogP contribution in [0.25, 0.3) is 10.8 Å². The fourth-order valence-corrected chi connectivity index (χ4v) is 3.40. The second-order valence-corrected chi connectivity index (χ2v) is 6.44. The number of carbonyl (C=O) groups excluding carboxylic acids is 2. The zero-order valence-corrected chi connectivity index (χ0v) is 14.1. The van der Waals surface area contributed by atoms with Crippen molar-refractivity contribution in [3.05, 3.63) is 40.3 Å². The van der Waals surface area contributed by atoms with Crippen LogP contribution in [0.4, 0.5) is 0 Å². The van der Waals surface area contributed by atoms with Gasteiger partial charge in [-0.25, -0.2) is 4.68 Å². The Hall–Kier alpha value is -2.70. The topological polar surface area (TPSA) is 95.3 Å². The van der Waals surface area contributed by atoms with Crippen LogP contribution in [0.3, 0.4) is 0 Å². The average molecular weight is 342 g/mol. The van der Waals surface area contributed by atoms with Gasteiger partial charge in [0.1, 0.15) is 12.2 Å². The maximum absolute atomic E-state index is 12.6. The molecule has 0 unspecified atom stereocenters. The molecule has 1 aliphatic carbocycles. The zero-order chi connectivity index (χ0) is 18.0. The Morgan fingerprint density at radius 1 is 1.20 bits per heavy atom. The summed E-state index contributed by atoms with van der Waals surface area (Å²) in [6.45, 7) is -0.281. The lowest BCUT2D eigenvalue weighted by Crippen LogP contribution is -2.42. The van der Waals surface area contributed by atoms with E-state index in [2.05, 4.69) is 5.10 Å². The maximum Gasteiger partial charge on any atom is 0.275 e. The van der Waals surface area contributed by atoms with E-state index in [-0.39, 0.29) is 35.0 Å². The van der Waals surface area contributed by atoms with E-state index in [1.54, 1.807) is 24.1 Å². The lowest BCUT2D eigenvalue weighted by atomic mass is 9.94. The number of amides is 1. The lowest BCUT2D eigenvalue weighted by molar-refractivity contribution is -0.255. The number of likely N-dealkylation sites (N-methyl/N-ethyl adjacent to an activating group) is 1. The number of fused-ring (bicyclic) bond motifs is 1. The van der Waals surface area contributed by atoms with Crippen LogP contribution in [0, 0.1) is 0 Å². The van der Waals surface area contributed by atoms with Gasteiger partial charge >= 0.3 is 0 Å². The first-order valence-electron chi connectivity index (χ1n) is 8.46. The Morgan fingerprint density at radius 3 is 2.48 bits per heavy atom. The van der Waals surface area contributed by atoms with Gasteiger partial charge in [0.25, 0.3) is 5.56 Å². The highest BCUT2D eigenvalue weighted by Crippen LogP contribution is 2.21. The molecule has 3 rings (SSSR count). The van der Waals surface area contributed by atoms with Crippen LogP contribution in [0.5, 0.6) is 0 Å². The largest absolute Gasteiger partial charge is 0.543 e. The minimum Gasteiger partial charge on any atom is -0.543 e. The van der Waals surface area contributed by atoms with E-state index in [0.29, 0.717) is 0 Å². The van der Waals surface area contributed by atoms with Crippen molar-refractivity contribution in [2.45, 2.75) is 44.7 Å². The summed E-state index contributed by atoms with van der Waals surface area (Å²) >= 11 is 0. The van der Waals surface area contributed by atoms with E-state index in [1.807, 2.05) is 0 Å². The lowest BCUT2D eigenvalue weighted by Gasteiger charge is -2.31. The number of hydrogen-bond donors (Lipinski definition) is 0. The van der Waals surface area contributed by atoms with E-state index in [1.165, 1.54) is 18.6 Å². The molecule has 0 saturated heterocycles. The van der Waals surface area contributed by atoms with Crippen molar-refractivity contribution >= 4 is 22.6 Å². The molecule has 1 aliphatic rings. The van der Waals surface area contributed by atoms with Gasteiger partial charge in [0.15, 0.2) is 0 Å². The predicted molar refractivity (Wildman–Crippen MR) is 90.0 cm³/mol. The van der Waals surface area contributed by atoms with Crippen molar-refractivity contribution in [3.8, 4) is 0 Å². The monoisotopic (exact) mass is 342 g/mol. The molecule has 0 radical (unpaired) electrons. The molecule has 0 atom stereocenters. The Labute approximate surface area is 144 Å². The minimum atomic E-state index is -1.47. The molecule has 0 aliphatic heterocycles. The van der Waals surface area contributed by atoms with Gasteiger partial charge in [-0.05, 0) is 18.9 Å². The molecule has 1 aromatic heterocycles. The van der Waals surface area contributed by atoms with Gasteiger partial charge in [-0.1, -0.05) is 37.5 Å². The Kier molecular flexibility index (Phi) is 4.83. The number of nitrogens with zero attached hydrogens (tertiary/aromatic N) is 3. The van der Waals surface area contributed by atoms with Crippen LogP contribution in [0.2, 0.25) is 0 Å². The van der Waals surface area contributed by atoms with Gasteiger partial charge in [-0.2, -0.15) is 5.10 Å². The normalized spacial score (nSPS) is 15.2. The van der Waals surface area contributed by atoms with Crippen LogP contribution >= 0.6 is 0 Å². The molecular formula is C18H20N3O4-. The number of rotatable bonds is 4. The Balaban J connectivity index is 1.93. The Bertz CT molecular complexity index is 868. The van der Waals surface area contributed by atoms with E-state index in [0.717, 1.165) is 30.4 Å². The van der Waals surface area contributed by atoms with Crippen LogP contribution < -0.4 is 10.7 Å². The standard InChI is InChI=1S/C18H21N3O4/c1-20(12-7-3-2-4-8-12)15(22)11-21-17(23)14-10-6-5-9-13(14)16(19-21)18(24)25/h5-6,9-10,12H,2-4,7-8,11H2,1H3,(H,24,25)/p-1. The third-order valence-corrected chi connectivity index (χ3v) is 4.86. The van der Waals surface area contributed by atoms with Gasteiger partial charge in [0.05, 0.1) is 11.4 Å². The van der Waals surface area contributed by atoms with Crippen LogP contribution in [-0.2, 0) is 11.3 Å². The highest BCUT2D eigenvalue weighted by Gasteiger charge is 2.23. The number of aromatic carboxylic acids is 1. The van der Waals surface area contributed by atoms with Gasteiger partial charge in [-0.3, -0.25) is 9.59 Å². The smallest absolute Gasteiger partial charge is 0.275 e. The summed E-state index contributed by atoms with van der Waals surface area (Å²) in [5, 5.41) is 15.7. The molecule has 1 aromatic carbocycles. The predicted octanol–water partition coefficient (Wildman–Crippen LogP) is 0.551. The third kappa shape index (κ3) is 3.40. The summed E-state index contributed by atoms with van der Waals surface area (Å²) in [6, 6.07) is 6.47. The fourth-order valence-electron chi connectivity index (χ4n) is 3.40. The molecule has 1 saturated carbocycles. The highest BCUT2D eigenvalue weighted by atomic mass is 16.4. The summed E-state index contributed by atoms with van der Waals surface area (Å²) in [5.41, 5.74) is -0.811.